The molecule has 0 bridgehead atoms. The second-order valence-electron chi connectivity index (χ2n) is 2.39. The van der Waals surface area contributed by atoms with E-state index >= 15 is 0 Å². The Morgan fingerprint density at radius 1 is 1.21 bits per heavy atom. The molecule has 0 radical (unpaired) electrons. The number of aldehydes is 1. The molecule has 0 aromatic heterocycles. The van der Waals surface area contributed by atoms with Crippen LogP contribution in [0.3, 0.4) is 0 Å². The van der Waals surface area contributed by atoms with Gasteiger partial charge in [0.1, 0.15) is 0 Å². The molecule has 0 unspecified atom stereocenters. The number of carbonyl (C=O) groups excluding carboxylic acids is 1. The summed E-state index contributed by atoms with van der Waals surface area (Å²) >= 11 is 11.1. The predicted octanol–water partition coefficient (Wildman–Crippen LogP) is 2.05. The van der Waals surface area contributed by atoms with Crippen LogP contribution < -0.4 is 0 Å². The van der Waals surface area contributed by atoms with Crippen molar-refractivity contribution in [3.63, 3.8) is 0 Å². The number of hydrogen-bond donors (Lipinski definition) is 1. The first kappa shape index (κ1) is 11.5. The van der Waals surface area contributed by atoms with Gasteiger partial charge in [-0.2, -0.15) is 8.42 Å². The number of halogens is 2. The number of carbonyl (C=O) groups is 1. The van der Waals surface area contributed by atoms with Crippen molar-refractivity contribution in [2.45, 2.75) is 4.90 Å². The summed E-state index contributed by atoms with van der Waals surface area (Å²) < 4.78 is 30.0. The second-order valence-corrected chi connectivity index (χ2v) is 4.63. The van der Waals surface area contributed by atoms with Gasteiger partial charge < -0.3 is 0 Å². The summed E-state index contributed by atoms with van der Waals surface area (Å²) in [4.78, 5) is 9.98. The van der Waals surface area contributed by atoms with Gasteiger partial charge in [-0.3, -0.25) is 9.35 Å². The Kier molecular flexibility index (Phi) is 3.16. The van der Waals surface area contributed by atoms with Gasteiger partial charge >= 0.3 is 0 Å². The minimum atomic E-state index is -4.36. The van der Waals surface area contributed by atoms with Gasteiger partial charge in [0.2, 0.25) is 0 Å². The molecule has 0 aliphatic rings. The van der Waals surface area contributed by atoms with E-state index in [0.29, 0.717) is 6.29 Å². The highest BCUT2D eigenvalue weighted by molar-refractivity contribution is 7.85. The van der Waals surface area contributed by atoms with Crippen molar-refractivity contribution in [2.75, 3.05) is 0 Å². The molecule has 1 N–H and O–H groups in total. The average Bonchev–Trinajstić information content (AvgIpc) is 2.01. The molecule has 4 nitrogen and oxygen atoms in total. The summed E-state index contributed by atoms with van der Waals surface area (Å²) in [5, 5.41) is -0.250. The van der Waals surface area contributed by atoms with E-state index in [4.69, 9.17) is 27.8 Å². The van der Waals surface area contributed by atoms with Gasteiger partial charge in [0, 0.05) is 0 Å². The van der Waals surface area contributed by atoms with Gasteiger partial charge in [0.25, 0.3) is 10.1 Å². The zero-order chi connectivity index (χ0) is 10.9. The van der Waals surface area contributed by atoms with Crippen LogP contribution in [-0.2, 0) is 10.1 Å². The van der Waals surface area contributed by atoms with Gasteiger partial charge in [-0.15, -0.1) is 0 Å². The van der Waals surface area contributed by atoms with E-state index in [1.807, 2.05) is 0 Å². The minimum Gasteiger partial charge on any atom is -0.298 e. The van der Waals surface area contributed by atoms with Crippen molar-refractivity contribution in [1.29, 1.82) is 0 Å². The van der Waals surface area contributed by atoms with E-state index in [2.05, 4.69) is 0 Å². The van der Waals surface area contributed by atoms with Crippen LogP contribution in [0.5, 0.6) is 0 Å². The summed E-state index contributed by atoms with van der Waals surface area (Å²) in [6, 6.07) is 1.90. The third kappa shape index (κ3) is 2.24. The molecule has 0 fully saturated rings. The van der Waals surface area contributed by atoms with Crippen LogP contribution >= 0.6 is 23.2 Å². The third-order valence-corrected chi connectivity index (χ3v) is 2.93. The lowest BCUT2D eigenvalue weighted by Crippen LogP contribution is -1.99. The average molecular weight is 255 g/mol. The van der Waals surface area contributed by atoms with Crippen LogP contribution in [-0.4, -0.2) is 19.3 Å². The largest absolute Gasteiger partial charge is 0.298 e. The van der Waals surface area contributed by atoms with Gasteiger partial charge in [0.05, 0.1) is 20.5 Å². The Balaban J connectivity index is 3.50. The Morgan fingerprint density at radius 2 is 1.64 bits per heavy atom. The fraction of sp³-hybridized carbons (Fsp3) is 0. The maximum absolute atomic E-state index is 10.7. The Hall–Kier alpha value is -0.620. The summed E-state index contributed by atoms with van der Waals surface area (Å²) in [5.41, 5.74) is -0.0132. The topological polar surface area (TPSA) is 71.4 Å². The van der Waals surface area contributed by atoms with Crippen molar-refractivity contribution < 1.29 is 17.8 Å². The zero-order valence-electron chi connectivity index (χ0n) is 6.57. The van der Waals surface area contributed by atoms with Gasteiger partial charge in [-0.05, 0) is 12.1 Å². The molecule has 1 aromatic carbocycles. The van der Waals surface area contributed by atoms with E-state index in [-0.39, 0.29) is 15.6 Å². The maximum Gasteiger partial charge on any atom is 0.294 e. The molecule has 1 aromatic rings. The van der Waals surface area contributed by atoms with E-state index in [1.54, 1.807) is 0 Å². The molecule has 0 aliphatic heterocycles. The van der Waals surface area contributed by atoms with Crippen molar-refractivity contribution in [1.82, 2.24) is 0 Å². The lowest BCUT2D eigenvalue weighted by atomic mass is 10.2. The first-order valence-corrected chi connectivity index (χ1v) is 5.47. The molecule has 0 spiro atoms. The van der Waals surface area contributed by atoms with Crippen LogP contribution in [0.1, 0.15) is 10.4 Å². The highest BCUT2D eigenvalue weighted by atomic mass is 35.5. The third-order valence-electron chi connectivity index (χ3n) is 1.47. The summed E-state index contributed by atoms with van der Waals surface area (Å²) in [6.07, 6.45) is 0.401. The number of hydrogen-bond acceptors (Lipinski definition) is 3. The molecule has 7 heteroatoms. The lowest BCUT2D eigenvalue weighted by molar-refractivity contribution is 0.112. The minimum absolute atomic E-state index is 0.0132. The summed E-state index contributed by atoms with van der Waals surface area (Å²) in [7, 11) is -4.36. The van der Waals surface area contributed by atoms with E-state index < -0.39 is 15.0 Å². The molecule has 14 heavy (non-hydrogen) atoms. The number of benzene rings is 1. The van der Waals surface area contributed by atoms with Crippen LogP contribution in [0.4, 0.5) is 0 Å². The molecule has 76 valence electrons. The quantitative estimate of drug-likeness (QED) is 0.648. The smallest absolute Gasteiger partial charge is 0.294 e. The SMILES string of the molecule is O=Cc1c(Cl)cc(S(=O)(=O)O)cc1Cl. The first-order valence-electron chi connectivity index (χ1n) is 3.28. The first-order chi connectivity index (χ1) is 6.36. The molecule has 0 aliphatic carbocycles. The van der Waals surface area contributed by atoms with Crippen molar-refractivity contribution >= 4 is 39.6 Å². The van der Waals surface area contributed by atoms with Crippen LogP contribution in [0, 0.1) is 0 Å². The molecule has 0 atom stereocenters. The van der Waals surface area contributed by atoms with Gasteiger partial charge in [-0.1, -0.05) is 23.2 Å². The van der Waals surface area contributed by atoms with E-state index in [1.165, 1.54) is 0 Å². The lowest BCUT2D eigenvalue weighted by Gasteiger charge is -2.02. The predicted molar refractivity (Wildman–Crippen MR) is 51.7 cm³/mol. The molecule has 0 amide bonds. The monoisotopic (exact) mass is 254 g/mol. The summed E-state index contributed by atoms with van der Waals surface area (Å²) in [5.74, 6) is 0. The zero-order valence-corrected chi connectivity index (χ0v) is 8.90. The highest BCUT2D eigenvalue weighted by Gasteiger charge is 2.15. The Bertz CT molecular complexity index is 457. The van der Waals surface area contributed by atoms with E-state index in [9.17, 15) is 13.2 Å². The molecule has 0 heterocycles. The molecule has 0 saturated heterocycles. The molecular weight excluding hydrogens is 251 g/mol. The summed E-state index contributed by atoms with van der Waals surface area (Å²) in [6.45, 7) is 0. The highest BCUT2D eigenvalue weighted by Crippen LogP contribution is 2.26. The Labute approximate surface area is 90.2 Å². The van der Waals surface area contributed by atoms with E-state index in [0.717, 1.165) is 12.1 Å². The number of rotatable bonds is 2. The second kappa shape index (κ2) is 3.86. The van der Waals surface area contributed by atoms with Crippen molar-refractivity contribution in [3.8, 4) is 0 Å². The normalized spacial score (nSPS) is 11.4. The fourth-order valence-electron chi connectivity index (χ4n) is 0.823. The molecule has 0 saturated carbocycles. The van der Waals surface area contributed by atoms with Crippen LogP contribution in [0.2, 0.25) is 10.0 Å². The molecule has 1 rings (SSSR count). The van der Waals surface area contributed by atoms with Crippen LogP contribution in [0.25, 0.3) is 0 Å². The van der Waals surface area contributed by atoms with Crippen molar-refractivity contribution in [2.24, 2.45) is 0 Å². The van der Waals surface area contributed by atoms with Gasteiger partial charge in [0.15, 0.2) is 6.29 Å². The standard InChI is InChI=1S/C7H4Cl2O4S/c8-6-1-4(14(11,12)13)2-7(9)5(6)3-10/h1-3H,(H,11,12,13). The fourth-order valence-corrected chi connectivity index (χ4v) is 2.06. The van der Waals surface area contributed by atoms with Crippen LogP contribution in [0.15, 0.2) is 17.0 Å². The van der Waals surface area contributed by atoms with Gasteiger partial charge in [-0.25, -0.2) is 0 Å². The Morgan fingerprint density at radius 3 is 1.93 bits per heavy atom. The maximum atomic E-state index is 10.7. The van der Waals surface area contributed by atoms with Crippen molar-refractivity contribution in [3.05, 3.63) is 27.7 Å². The molecular formula is C7H4Cl2O4S.